The Morgan fingerprint density at radius 2 is 1.76 bits per heavy atom. The van der Waals surface area contributed by atoms with Gasteiger partial charge in [0.25, 0.3) is 0 Å². The Morgan fingerprint density at radius 3 is 2.48 bits per heavy atom. The highest BCUT2D eigenvalue weighted by Crippen LogP contribution is 2.11. The van der Waals surface area contributed by atoms with Crippen LogP contribution in [0.4, 0.5) is 10.1 Å². The molecule has 0 radical (unpaired) electrons. The van der Waals surface area contributed by atoms with E-state index in [4.69, 9.17) is 0 Å². The second kappa shape index (κ2) is 7.55. The fourth-order valence-electron chi connectivity index (χ4n) is 2.06. The van der Waals surface area contributed by atoms with Crippen molar-refractivity contribution < 1.29 is 9.18 Å². The lowest BCUT2D eigenvalue weighted by molar-refractivity contribution is -0.115. The number of nitrogens with one attached hydrogen (secondary N) is 2. The summed E-state index contributed by atoms with van der Waals surface area (Å²) in [7, 11) is 0. The lowest BCUT2D eigenvalue weighted by Gasteiger charge is -2.14. The first-order chi connectivity index (χ1) is 10.1. The van der Waals surface area contributed by atoms with Gasteiger partial charge in [0.05, 0.1) is 12.2 Å². The van der Waals surface area contributed by atoms with Crippen LogP contribution in [0.2, 0.25) is 0 Å². The minimum absolute atomic E-state index is 0.155. The van der Waals surface area contributed by atoms with Crippen LogP contribution in [-0.4, -0.2) is 18.5 Å². The Kier molecular flexibility index (Phi) is 5.46. The first kappa shape index (κ1) is 15.2. The molecule has 0 aliphatic heterocycles. The maximum atomic E-state index is 13.4. The molecule has 110 valence electrons. The summed E-state index contributed by atoms with van der Waals surface area (Å²) >= 11 is 0. The first-order valence-electron chi connectivity index (χ1n) is 6.97. The third kappa shape index (κ3) is 5.00. The molecule has 0 fully saturated rings. The molecule has 1 unspecified atom stereocenters. The number of amides is 1. The zero-order valence-corrected chi connectivity index (χ0v) is 12.0. The van der Waals surface area contributed by atoms with E-state index >= 15 is 0 Å². The second-order valence-electron chi connectivity index (χ2n) is 5.00. The Balaban J connectivity index is 1.77. The third-order valence-electron chi connectivity index (χ3n) is 3.14. The van der Waals surface area contributed by atoms with Crippen molar-refractivity contribution in [3.63, 3.8) is 0 Å². The molecule has 4 heteroatoms. The van der Waals surface area contributed by atoms with Crippen molar-refractivity contribution >= 4 is 11.6 Å². The molecule has 2 rings (SSSR count). The maximum Gasteiger partial charge on any atom is 0.238 e. The van der Waals surface area contributed by atoms with E-state index in [1.165, 1.54) is 11.6 Å². The van der Waals surface area contributed by atoms with E-state index in [-0.39, 0.29) is 24.2 Å². The van der Waals surface area contributed by atoms with Crippen LogP contribution in [0, 0.1) is 5.82 Å². The summed E-state index contributed by atoms with van der Waals surface area (Å²) in [6.07, 6.45) is 0.841. The Labute approximate surface area is 124 Å². The van der Waals surface area contributed by atoms with E-state index in [9.17, 15) is 9.18 Å². The number of carbonyl (C=O) groups is 1. The van der Waals surface area contributed by atoms with E-state index in [2.05, 4.69) is 22.8 Å². The summed E-state index contributed by atoms with van der Waals surface area (Å²) < 4.78 is 13.4. The summed E-state index contributed by atoms with van der Waals surface area (Å²) in [5.41, 5.74) is 1.42. The van der Waals surface area contributed by atoms with Gasteiger partial charge in [0.1, 0.15) is 5.82 Å². The predicted molar refractivity (Wildman–Crippen MR) is 82.6 cm³/mol. The van der Waals surface area contributed by atoms with Crippen LogP contribution in [0.1, 0.15) is 12.5 Å². The largest absolute Gasteiger partial charge is 0.322 e. The van der Waals surface area contributed by atoms with Crippen LogP contribution < -0.4 is 10.6 Å². The van der Waals surface area contributed by atoms with Crippen molar-refractivity contribution in [1.82, 2.24) is 5.32 Å². The highest BCUT2D eigenvalue weighted by Gasteiger charge is 2.08. The van der Waals surface area contributed by atoms with Crippen LogP contribution in [0.3, 0.4) is 0 Å². The van der Waals surface area contributed by atoms with Crippen LogP contribution in [0.15, 0.2) is 54.6 Å². The van der Waals surface area contributed by atoms with Gasteiger partial charge in [-0.15, -0.1) is 0 Å². The smallest absolute Gasteiger partial charge is 0.238 e. The topological polar surface area (TPSA) is 41.1 Å². The molecule has 0 saturated heterocycles. The van der Waals surface area contributed by atoms with E-state index in [0.717, 1.165) is 6.42 Å². The predicted octanol–water partition coefficient (Wildman–Crippen LogP) is 2.99. The SMILES string of the molecule is CC(Cc1ccccc1)NCC(=O)Nc1ccccc1F. The number of hydrogen-bond acceptors (Lipinski definition) is 2. The quantitative estimate of drug-likeness (QED) is 0.857. The van der Waals surface area contributed by atoms with Gasteiger partial charge < -0.3 is 10.6 Å². The Bertz CT molecular complexity index is 586. The minimum atomic E-state index is -0.428. The van der Waals surface area contributed by atoms with Gasteiger partial charge in [-0.05, 0) is 31.0 Å². The minimum Gasteiger partial charge on any atom is -0.322 e. The van der Waals surface area contributed by atoms with Gasteiger partial charge in [-0.2, -0.15) is 0 Å². The molecular formula is C17H19FN2O. The van der Waals surface area contributed by atoms with Crippen molar-refractivity contribution in [1.29, 1.82) is 0 Å². The van der Waals surface area contributed by atoms with Crippen molar-refractivity contribution in [3.8, 4) is 0 Å². The Morgan fingerprint density at radius 1 is 1.10 bits per heavy atom. The zero-order chi connectivity index (χ0) is 15.1. The average molecular weight is 286 g/mol. The number of hydrogen-bond donors (Lipinski definition) is 2. The molecule has 0 bridgehead atoms. The van der Waals surface area contributed by atoms with E-state index < -0.39 is 5.82 Å². The number of rotatable bonds is 6. The van der Waals surface area contributed by atoms with Gasteiger partial charge in [-0.25, -0.2) is 4.39 Å². The van der Waals surface area contributed by atoms with Crippen LogP contribution >= 0.6 is 0 Å². The number of carbonyl (C=O) groups excluding carboxylic acids is 1. The molecule has 1 atom stereocenters. The number of para-hydroxylation sites is 1. The van der Waals surface area contributed by atoms with Gasteiger partial charge >= 0.3 is 0 Å². The fourth-order valence-corrected chi connectivity index (χ4v) is 2.06. The van der Waals surface area contributed by atoms with Crippen molar-refractivity contribution in [2.24, 2.45) is 0 Å². The standard InChI is InChI=1S/C17H19FN2O/c1-13(11-14-7-3-2-4-8-14)19-12-17(21)20-16-10-6-5-9-15(16)18/h2-10,13,19H,11-12H2,1H3,(H,20,21). The molecule has 0 aliphatic rings. The first-order valence-corrected chi connectivity index (χ1v) is 6.97. The Hall–Kier alpha value is -2.20. The summed E-state index contributed by atoms with van der Waals surface area (Å²) in [4.78, 5) is 11.8. The molecule has 2 N–H and O–H groups in total. The molecule has 21 heavy (non-hydrogen) atoms. The van der Waals surface area contributed by atoms with Gasteiger partial charge in [0, 0.05) is 6.04 Å². The lowest BCUT2D eigenvalue weighted by atomic mass is 10.1. The summed E-state index contributed by atoms with van der Waals surface area (Å²) in [5.74, 6) is -0.678. The van der Waals surface area contributed by atoms with Crippen LogP contribution in [-0.2, 0) is 11.2 Å². The van der Waals surface area contributed by atoms with E-state index in [0.29, 0.717) is 0 Å². The van der Waals surface area contributed by atoms with Crippen LogP contribution in [0.25, 0.3) is 0 Å². The number of halogens is 1. The molecule has 2 aromatic carbocycles. The fraction of sp³-hybridized carbons (Fsp3) is 0.235. The summed E-state index contributed by atoms with van der Waals surface area (Å²) in [6.45, 7) is 2.17. The summed E-state index contributed by atoms with van der Waals surface area (Å²) in [6, 6.07) is 16.4. The van der Waals surface area contributed by atoms with Gasteiger partial charge in [-0.1, -0.05) is 42.5 Å². The highest BCUT2D eigenvalue weighted by atomic mass is 19.1. The third-order valence-corrected chi connectivity index (χ3v) is 3.14. The van der Waals surface area contributed by atoms with Crippen molar-refractivity contribution in [3.05, 3.63) is 66.0 Å². The number of benzene rings is 2. The number of anilines is 1. The van der Waals surface area contributed by atoms with Gasteiger partial charge in [-0.3, -0.25) is 4.79 Å². The molecular weight excluding hydrogens is 267 g/mol. The maximum absolute atomic E-state index is 13.4. The van der Waals surface area contributed by atoms with E-state index in [1.54, 1.807) is 18.2 Å². The molecule has 0 aliphatic carbocycles. The van der Waals surface area contributed by atoms with Crippen molar-refractivity contribution in [2.45, 2.75) is 19.4 Å². The van der Waals surface area contributed by atoms with Gasteiger partial charge in [0.15, 0.2) is 0 Å². The molecule has 0 aromatic heterocycles. The average Bonchev–Trinajstić information content (AvgIpc) is 2.49. The van der Waals surface area contributed by atoms with Crippen molar-refractivity contribution in [2.75, 3.05) is 11.9 Å². The molecule has 0 spiro atoms. The normalized spacial score (nSPS) is 11.9. The van der Waals surface area contributed by atoms with Gasteiger partial charge in [0.2, 0.25) is 5.91 Å². The second-order valence-corrected chi connectivity index (χ2v) is 5.00. The zero-order valence-electron chi connectivity index (χ0n) is 12.0. The molecule has 1 amide bonds. The highest BCUT2D eigenvalue weighted by molar-refractivity contribution is 5.92. The molecule has 0 saturated carbocycles. The molecule has 3 nitrogen and oxygen atoms in total. The molecule has 2 aromatic rings. The monoisotopic (exact) mass is 286 g/mol. The molecule has 0 heterocycles. The van der Waals surface area contributed by atoms with E-state index in [1.807, 2.05) is 25.1 Å². The van der Waals surface area contributed by atoms with Crippen LogP contribution in [0.5, 0.6) is 0 Å². The lowest BCUT2D eigenvalue weighted by Crippen LogP contribution is -2.35. The summed E-state index contributed by atoms with van der Waals surface area (Å²) in [5, 5.41) is 5.69.